The van der Waals surface area contributed by atoms with Crippen molar-refractivity contribution in [2.24, 2.45) is 0 Å². The van der Waals surface area contributed by atoms with Crippen LogP contribution in [0.3, 0.4) is 0 Å². The highest BCUT2D eigenvalue weighted by Crippen LogP contribution is 2.29. The summed E-state index contributed by atoms with van der Waals surface area (Å²) in [5.74, 6) is -2.98. The third-order valence-electron chi connectivity index (χ3n) is 4.60. The van der Waals surface area contributed by atoms with Gasteiger partial charge in [-0.25, -0.2) is 0 Å². The Balaban J connectivity index is 0.00000450. The van der Waals surface area contributed by atoms with Gasteiger partial charge in [0.15, 0.2) is 0 Å². The molecule has 0 saturated carbocycles. The van der Waals surface area contributed by atoms with Gasteiger partial charge in [-0.3, -0.25) is 14.4 Å². The molecule has 0 spiro atoms. The van der Waals surface area contributed by atoms with E-state index in [9.17, 15) is 19.5 Å². The summed E-state index contributed by atoms with van der Waals surface area (Å²) in [7, 11) is 0. The standard InChI is InChI=1S/C22H26N2O5.H2O/c1-15(21(27)23-14-13-20(25)26)24-19-10-6-5-9-17(19)18(22(28)29)12-11-16-7-3-2-4-8-16;/h2-10,15,18,24H,11-14H2,1H3,(H,23,27)(H,25,26)(H,28,29);1H2. The highest BCUT2D eigenvalue weighted by molar-refractivity contribution is 5.85. The molecule has 0 saturated heterocycles. The van der Waals surface area contributed by atoms with Gasteiger partial charge in [-0.15, -0.1) is 0 Å². The Morgan fingerprint density at radius 1 is 0.967 bits per heavy atom. The number of carbonyl (C=O) groups is 3. The van der Waals surface area contributed by atoms with Crippen LogP contribution in [0.4, 0.5) is 5.69 Å². The van der Waals surface area contributed by atoms with Crippen molar-refractivity contribution in [3.63, 3.8) is 0 Å². The number of nitrogens with one attached hydrogen (secondary N) is 2. The van der Waals surface area contributed by atoms with Gasteiger partial charge in [-0.05, 0) is 37.0 Å². The summed E-state index contributed by atoms with van der Waals surface area (Å²) in [5, 5.41) is 24.1. The molecule has 2 rings (SSSR count). The first-order valence-corrected chi connectivity index (χ1v) is 9.50. The second-order valence-corrected chi connectivity index (χ2v) is 6.80. The van der Waals surface area contributed by atoms with Gasteiger partial charge in [-0.2, -0.15) is 0 Å². The number of anilines is 1. The van der Waals surface area contributed by atoms with Crippen molar-refractivity contribution in [1.29, 1.82) is 0 Å². The van der Waals surface area contributed by atoms with Crippen molar-refractivity contribution >= 4 is 23.5 Å². The molecule has 1 amide bonds. The third kappa shape index (κ3) is 7.56. The summed E-state index contributed by atoms with van der Waals surface area (Å²) in [6.45, 7) is 1.68. The van der Waals surface area contributed by atoms with Crippen LogP contribution in [0.2, 0.25) is 0 Å². The average Bonchev–Trinajstić information content (AvgIpc) is 2.69. The summed E-state index contributed by atoms with van der Waals surface area (Å²) >= 11 is 0. The van der Waals surface area contributed by atoms with E-state index in [0.717, 1.165) is 5.56 Å². The molecule has 0 aliphatic rings. The van der Waals surface area contributed by atoms with E-state index in [1.54, 1.807) is 31.2 Å². The fraction of sp³-hybridized carbons (Fsp3) is 0.318. The number of carbonyl (C=O) groups excluding carboxylic acids is 1. The van der Waals surface area contributed by atoms with Gasteiger partial charge in [-0.1, -0.05) is 48.5 Å². The predicted molar refractivity (Wildman–Crippen MR) is 114 cm³/mol. The zero-order valence-corrected chi connectivity index (χ0v) is 16.8. The molecular weight excluding hydrogens is 388 g/mol. The highest BCUT2D eigenvalue weighted by atomic mass is 16.4. The molecule has 0 bridgehead atoms. The van der Waals surface area contributed by atoms with E-state index < -0.39 is 23.9 Å². The molecule has 0 aliphatic heterocycles. The number of rotatable bonds is 11. The molecule has 30 heavy (non-hydrogen) atoms. The number of carboxylic acid groups (broad SMARTS) is 2. The van der Waals surface area contributed by atoms with Crippen LogP contribution in [0.5, 0.6) is 0 Å². The second-order valence-electron chi connectivity index (χ2n) is 6.80. The summed E-state index contributed by atoms with van der Waals surface area (Å²) in [6.07, 6.45) is 0.893. The predicted octanol–water partition coefficient (Wildman–Crippen LogP) is 2.05. The summed E-state index contributed by atoms with van der Waals surface area (Å²) < 4.78 is 0. The number of para-hydroxylation sites is 1. The second kappa shape index (κ2) is 12.2. The Kier molecular flexibility index (Phi) is 10.0. The molecule has 0 aromatic heterocycles. The van der Waals surface area contributed by atoms with Crippen LogP contribution >= 0.6 is 0 Å². The van der Waals surface area contributed by atoms with E-state index in [4.69, 9.17) is 5.11 Å². The quantitative estimate of drug-likeness (QED) is 0.441. The lowest BCUT2D eigenvalue weighted by Crippen LogP contribution is -2.38. The minimum Gasteiger partial charge on any atom is -0.481 e. The molecule has 0 aliphatic carbocycles. The lowest BCUT2D eigenvalue weighted by Gasteiger charge is -2.21. The van der Waals surface area contributed by atoms with Crippen molar-refractivity contribution in [3.05, 3.63) is 65.7 Å². The Morgan fingerprint density at radius 2 is 1.60 bits per heavy atom. The zero-order chi connectivity index (χ0) is 21.2. The van der Waals surface area contributed by atoms with Crippen LogP contribution in [-0.4, -0.2) is 46.1 Å². The van der Waals surface area contributed by atoms with Crippen molar-refractivity contribution in [1.82, 2.24) is 5.32 Å². The van der Waals surface area contributed by atoms with E-state index in [0.29, 0.717) is 24.1 Å². The smallest absolute Gasteiger partial charge is 0.311 e. The maximum atomic E-state index is 12.2. The molecule has 2 aromatic carbocycles. The number of aryl methyl sites for hydroxylation is 1. The van der Waals surface area contributed by atoms with Gasteiger partial charge in [0.25, 0.3) is 0 Å². The van der Waals surface area contributed by atoms with Crippen molar-refractivity contribution < 1.29 is 30.1 Å². The number of hydrogen-bond acceptors (Lipinski definition) is 4. The fourth-order valence-electron chi connectivity index (χ4n) is 3.04. The lowest BCUT2D eigenvalue weighted by molar-refractivity contribution is -0.139. The topological polar surface area (TPSA) is 147 Å². The Morgan fingerprint density at radius 3 is 2.23 bits per heavy atom. The molecule has 0 heterocycles. The van der Waals surface area contributed by atoms with Crippen LogP contribution in [0.1, 0.15) is 36.8 Å². The Hall–Kier alpha value is -3.39. The molecule has 2 aromatic rings. The molecular formula is C22H28N2O6. The van der Waals surface area contributed by atoms with Gasteiger partial charge >= 0.3 is 11.9 Å². The molecule has 2 atom stereocenters. The van der Waals surface area contributed by atoms with Crippen molar-refractivity contribution in [3.8, 4) is 0 Å². The number of hydrogen-bond donors (Lipinski definition) is 4. The molecule has 8 heteroatoms. The van der Waals surface area contributed by atoms with Crippen LogP contribution in [0, 0.1) is 0 Å². The lowest BCUT2D eigenvalue weighted by atomic mass is 9.91. The summed E-state index contributed by atoms with van der Waals surface area (Å²) in [5.41, 5.74) is 2.25. The van der Waals surface area contributed by atoms with Crippen LogP contribution in [-0.2, 0) is 20.8 Å². The van der Waals surface area contributed by atoms with Crippen LogP contribution in [0.15, 0.2) is 54.6 Å². The van der Waals surface area contributed by atoms with Crippen molar-refractivity contribution in [2.45, 2.75) is 38.1 Å². The highest BCUT2D eigenvalue weighted by Gasteiger charge is 2.24. The number of aliphatic carboxylic acids is 2. The summed E-state index contributed by atoms with van der Waals surface area (Å²) in [4.78, 5) is 34.7. The van der Waals surface area contributed by atoms with E-state index >= 15 is 0 Å². The molecule has 8 nitrogen and oxygen atoms in total. The molecule has 2 unspecified atom stereocenters. The maximum absolute atomic E-state index is 12.2. The van der Waals surface area contributed by atoms with Gasteiger partial charge in [0.05, 0.1) is 12.3 Å². The van der Waals surface area contributed by atoms with Crippen LogP contribution < -0.4 is 10.6 Å². The van der Waals surface area contributed by atoms with Crippen molar-refractivity contribution in [2.75, 3.05) is 11.9 Å². The number of carboxylic acids is 2. The average molecular weight is 416 g/mol. The third-order valence-corrected chi connectivity index (χ3v) is 4.60. The molecule has 6 N–H and O–H groups in total. The monoisotopic (exact) mass is 416 g/mol. The van der Waals surface area contributed by atoms with Gasteiger partial charge in [0.2, 0.25) is 5.91 Å². The van der Waals surface area contributed by atoms with E-state index in [1.165, 1.54) is 0 Å². The largest absolute Gasteiger partial charge is 0.481 e. The zero-order valence-electron chi connectivity index (χ0n) is 16.8. The Bertz CT molecular complexity index is 841. The molecule has 0 radical (unpaired) electrons. The fourth-order valence-corrected chi connectivity index (χ4v) is 3.04. The van der Waals surface area contributed by atoms with E-state index in [2.05, 4.69) is 10.6 Å². The molecule has 0 fully saturated rings. The van der Waals surface area contributed by atoms with Gasteiger partial charge in [0, 0.05) is 12.2 Å². The summed E-state index contributed by atoms with van der Waals surface area (Å²) in [6, 6.07) is 16.1. The SMILES string of the molecule is CC(Nc1ccccc1C(CCc1ccccc1)C(=O)O)C(=O)NCCC(=O)O.O. The maximum Gasteiger partial charge on any atom is 0.311 e. The first kappa shape index (κ1) is 24.6. The molecule has 162 valence electrons. The minimum absolute atomic E-state index is 0. The number of benzene rings is 2. The van der Waals surface area contributed by atoms with E-state index in [1.807, 2.05) is 30.3 Å². The van der Waals surface area contributed by atoms with Gasteiger partial charge < -0.3 is 26.3 Å². The Labute approximate surface area is 175 Å². The number of amides is 1. The van der Waals surface area contributed by atoms with Crippen LogP contribution in [0.25, 0.3) is 0 Å². The van der Waals surface area contributed by atoms with E-state index in [-0.39, 0.29) is 24.3 Å². The first-order chi connectivity index (χ1) is 13.9. The van der Waals surface area contributed by atoms with Gasteiger partial charge in [0.1, 0.15) is 6.04 Å². The first-order valence-electron chi connectivity index (χ1n) is 9.50. The normalized spacial score (nSPS) is 12.2. The minimum atomic E-state index is -0.987.